The summed E-state index contributed by atoms with van der Waals surface area (Å²) in [6, 6.07) is 7.48. The highest BCUT2D eigenvalue weighted by Gasteiger charge is 2.38. The molecule has 0 spiro atoms. The van der Waals surface area contributed by atoms with Crippen molar-refractivity contribution < 1.29 is 13.5 Å². The Morgan fingerprint density at radius 1 is 1.53 bits per heavy atom. The third kappa shape index (κ3) is 4.02. The van der Waals surface area contributed by atoms with E-state index < -0.39 is 21.5 Å². The van der Waals surface area contributed by atoms with E-state index in [4.69, 9.17) is 0 Å². The van der Waals surface area contributed by atoms with Gasteiger partial charge in [-0.1, -0.05) is 28.1 Å². The molecule has 1 aliphatic heterocycles. The molecule has 0 radical (unpaired) electrons. The minimum atomic E-state index is -2.92. The first kappa shape index (κ1) is 15.0. The lowest BCUT2D eigenvalue weighted by atomic mass is 10.0. The third-order valence-electron chi connectivity index (χ3n) is 3.46. The van der Waals surface area contributed by atoms with Crippen molar-refractivity contribution in [2.75, 3.05) is 18.1 Å². The molecule has 4 nitrogen and oxygen atoms in total. The molecule has 0 amide bonds. The van der Waals surface area contributed by atoms with E-state index >= 15 is 0 Å². The number of aliphatic hydroxyl groups is 1. The SMILES string of the molecule is CC1(NCC(O)c2cccc(Br)c2)CCS(=O)(=O)C1. The summed E-state index contributed by atoms with van der Waals surface area (Å²) < 4.78 is 23.9. The average molecular weight is 348 g/mol. The van der Waals surface area contributed by atoms with Crippen molar-refractivity contribution in [1.82, 2.24) is 5.32 Å². The summed E-state index contributed by atoms with van der Waals surface area (Å²) >= 11 is 3.36. The minimum absolute atomic E-state index is 0.144. The lowest BCUT2D eigenvalue weighted by Gasteiger charge is -2.25. The van der Waals surface area contributed by atoms with Gasteiger partial charge in [-0.25, -0.2) is 8.42 Å². The molecule has 0 aliphatic carbocycles. The van der Waals surface area contributed by atoms with Crippen LogP contribution in [-0.4, -0.2) is 37.1 Å². The molecular weight excluding hydrogens is 330 g/mol. The molecule has 1 heterocycles. The van der Waals surface area contributed by atoms with Gasteiger partial charge in [-0.2, -0.15) is 0 Å². The van der Waals surface area contributed by atoms with Gasteiger partial charge < -0.3 is 10.4 Å². The van der Waals surface area contributed by atoms with Crippen molar-refractivity contribution >= 4 is 25.8 Å². The van der Waals surface area contributed by atoms with Crippen molar-refractivity contribution in [1.29, 1.82) is 0 Å². The quantitative estimate of drug-likeness (QED) is 0.868. The number of nitrogens with one attached hydrogen (secondary N) is 1. The van der Waals surface area contributed by atoms with Gasteiger partial charge in [0.2, 0.25) is 0 Å². The van der Waals surface area contributed by atoms with Gasteiger partial charge in [-0.15, -0.1) is 0 Å². The largest absolute Gasteiger partial charge is 0.387 e. The van der Waals surface area contributed by atoms with Crippen molar-refractivity contribution in [3.63, 3.8) is 0 Å². The Morgan fingerprint density at radius 3 is 2.84 bits per heavy atom. The number of sulfone groups is 1. The molecule has 0 aromatic heterocycles. The fraction of sp³-hybridized carbons (Fsp3) is 0.538. The molecule has 2 N–H and O–H groups in total. The van der Waals surface area contributed by atoms with Gasteiger partial charge in [0, 0.05) is 16.6 Å². The molecular formula is C13H18BrNO3S. The maximum atomic E-state index is 11.5. The Kier molecular flexibility index (Phi) is 4.35. The Labute approximate surface area is 122 Å². The molecule has 1 aliphatic rings. The first-order chi connectivity index (χ1) is 8.80. The molecule has 1 saturated heterocycles. The van der Waals surface area contributed by atoms with E-state index in [0.717, 1.165) is 10.0 Å². The fourth-order valence-electron chi connectivity index (χ4n) is 2.32. The first-order valence-corrected chi connectivity index (χ1v) is 8.80. The lowest BCUT2D eigenvalue weighted by Crippen LogP contribution is -2.45. The summed E-state index contributed by atoms with van der Waals surface area (Å²) in [6.07, 6.45) is -0.0433. The molecule has 2 unspecified atom stereocenters. The zero-order valence-corrected chi connectivity index (χ0v) is 13.2. The normalized spacial score (nSPS) is 27.3. The maximum Gasteiger partial charge on any atom is 0.152 e. The van der Waals surface area contributed by atoms with Gasteiger partial charge in [-0.3, -0.25) is 0 Å². The van der Waals surface area contributed by atoms with Crippen LogP contribution >= 0.6 is 15.9 Å². The van der Waals surface area contributed by atoms with E-state index in [-0.39, 0.29) is 11.5 Å². The van der Waals surface area contributed by atoms with E-state index in [1.165, 1.54) is 0 Å². The molecule has 1 aromatic carbocycles. The molecule has 106 valence electrons. The van der Waals surface area contributed by atoms with Gasteiger partial charge in [0.15, 0.2) is 9.84 Å². The standard InChI is InChI=1S/C13H18BrNO3S/c1-13(5-6-19(17,18)9-13)15-8-12(16)10-3-2-4-11(14)7-10/h2-4,7,12,15-16H,5-6,8-9H2,1H3. The highest BCUT2D eigenvalue weighted by atomic mass is 79.9. The molecule has 0 bridgehead atoms. The number of halogens is 1. The van der Waals surface area contributed by atoms with Gasteiger partial charge in [0.1, 0.15) is 0 Å². The highest BCUT2D eigenvalue weighted by molar-refractivity contribution is 9.10. The Balaban J connectivity index is 1.96. The number of aliphatic hydroxyl groups excluding tert-OH is 1. The molecule has 2 rings (SSSR count). The van der Waals surface area contributed by atoms with Crippen LogP contribution in [0.4, 0.5) is 0 Å². The number of β-amino-alcohol motifs (C(OH)–C–C–N with tert-alkyl or cyclic N) is 1. The Bertz CT molecular complexity index is 561. The summed E-state index contributed by atoms with van der Waals surface area (Å²) in [5.74, 6) is 0.370. The Hall–Kier alpha value is -0.430. The molecule has 6 heteroatoms. The van der Waals surface area contributed by atoms with Crippen LogP contribution < -0.4 is 5.32 Å². The summed E-state index contributed by atoms with van der Waals surface area (Å²) in [6.45, 7) is 2.24. The fourth-order valence-corrected chi connectivity index (χ4v) is 4.86. The van der Waals surface area contributed by atoms with E-state index in [1.54, 1.807) is 0 Å². The number of benzene rings is 1. The summed E-state index contributed by atoms with van der Waals surface area (Å²) in [5, 5.41) is 13.3. The smallest absolute Gasteiger partial charge is 0.152 e. The second-order valence-electron chi connectivity index (χ2n) is 5.35. The lowest BCUT2D eigenvalue weighted by molar-refractivity contribution is 0.161. The van der Waals surface area contributed by atoms with E-state index in [2.05, 4.69) is 21.2 Å². The van der Waals surface area contributed by atoms with Crippen LogP contribution in [-0.2, 0) is 9.84 Å². The van der Waals surface area contributed by atoms with Crippen LogP contribution in [0.2, 0.25) is 0 Å². The molecule has 19 heavy (non-hydrogen) atoms. The van der Waals surface area contributed by atoms with Crippen molar-refractivity contribution in [3.8, 4) is 0 Å². The van der Waals surface area contributed by atoms with E-state index in [1.807, 2.05) is 31.2 Å². The summed E-state index contributed by atoms with van der Waals surface area (Å²) in [4.78, 5) is 0. The highest BCUT2D eigenvalue weighted by Crippen LogP contribution is 2.24. The van der Waals surface area contributed by atoms with Crippen LogP contribution in [0.3, 0.4) is 0 Å². The Morgan fingerprint density at radius 2 is 2.26 bits per heavy atom. The van der Waals surface area contributed by atoms with Crippen LogP contribution in [0, 0.1) is 0 Å². The van der Waals surface area contributed by atoms with Crippen molar-refractivity contribution in [3.05, 3.63) is 34.3 Å². The zero-order chi connectivity index (χ0) is 14.1. The molecule has 0 saturated carbocycles. The van der Waals surface area contributed by atoms with Gasteiger partial charge in [0.05, 0.1) is 17.6 Å². The molecule has 2 atom stereocenters. The van der Waals surface area contributed by atoms with Crippen LogP contribution in [0.1, 0.15) is 25.0 Å². The van der Waals surface area contributed by atoms with Crippen LogP contribution in [0.15, 0.2) is 28.7 Å². The third-order valence-corrected chi connectivity index (χ3v) is 5.86. The van der Waals surface area contributed by atoms with E-state index in [0.29, 0.717) is 13.0 Å². The maximum absolute atomic E-state index is 11.5. The average Bonchev–Trinajstić information content (AvgIpc) is 2.61. The van der Waals surface area contributed by atoms with Gasteiger partial charge in [-0.05, 0) is 31.0 Å². The van der Waals surface area contributed by atoms with Gasteiger partial charge in [0.25, 0.3) is 0 Å². The zero-order valence-electron chi connectivity index (χ0n) is 10.8. The van der Waals surface area contributed by atoms with E-state index in [9.17, 15) is 13.5 Å². The topological polar surface area (TPSA) is 66.4 Å². The number of hydrogen-bond acceptors (Lipinski definition) is 4. The predicted molar refractivity (Wildman–Crippen MR) is 78.8 cm³/mol. The second-order valence-corrected chi connectivity index (χ2v) is 8.45. The molecule has 1 fully saturated rings. The summed E-state index contributed by atoms with van der Waals surface area (Å²) in [5.41, 5.74) is 0.387. The monoisotopic (exact) mass is 347 g/mol. The number of rotatable bonds is 4. The van der Waals surface area contributed by atoms with Gasteiger partial charge >= 0.3 is 0 Å². The minimum Gasteiger partial charge on any atom is -0.387 e. The van der Waals surface area contributed by atoms with Crippen LogP contribution in [0.25, 0.3) is 0 Å². The molecule has 1 aromatic rings. The summed E-state index contributed by atoms with van der Waals surface area (Å²) in [7, 11) is -2.92. The second kappa shape index (κ2) is 5.52. The van der Waals surface area contributed by atoms with Crippen LogP contribution in [0.5, 0.6) is 0 Å². The first-order valence-electron chi connectivity index (χ1n) is 6.19. The number of hydrogen-bond donors (Lipinski definition) is 2. The van der Waals surface area contributed by atoms with Crippen molar-refractivity contribution in [2.24, 2.45) is 0 Å². The van der Waals surface area contributed by atoms with Crippen molar-refractivity contribution in [2.45, 2.75) is 25.0 Å². The predicted octanol–water partition coefficient (Wildman–Crippen LogP) is 1.65.